The van der Waals surface area contributed by atoms with Crippen molar-refractivity contribution in [1.82, 2.24) is 25.1 Å². The van der Waals surface area contributed by atoms with Crippen LogP contribution in [0.25, 0.3) is 17.0 Å². The SMILES string of the molecule is CCCCOc1ccc(C(=O)NCCOc2ccc3nnc(-c4ccc(OC)c(OC)c4)n3n2)cc1. The molecule has 10 heteroatoms. The second kappa shape index (κ2) is 11.9. The molecule has 0 bridgehead atoms. The molecule has 1 N–H and O–H groups in total. The lowest BCUT2D eigenvalue weighted by atomic mass is 10.2. The molecule has 0 aliphatic carbocycles. The smallest absolute Gasteiger partial charge is 0.251 e. The van der Waals surface area contributed by atoms with Crippen LogP contribution < -0.4 is 24.3 Å². The predicted molar refractivity (Wildman–Crippen MR) is 134 cm³/mol. The fourth-order valence-corrected chi connectivity index (χ4v) is 3.46. The van der Waals surface area contributed by atoms with E-state index in [2.05, 4.69) is 27.5 Å². The summed E-state index contributed by atoms with van der Waals surface area (Å²) in [6.45, 7) is 3.35. The summed E-state index contributed by atoms with van der Waals surface area (Å²) in [5.74, 6) is 2.68. The van der Waals surface area contributed by atoms with Gasteiger partial charge in [0, 0.05) is 17.2 Å². The van der Waals surface area contributed by atoms with E-state index in [1.54, 1.807) is 61.2 Å². The summed E-state index contributed by atoms with van der Waals surface area (Å²) >= 11 is 0. The highest BCUT2D eigenvalue weighted by Gasteiger charge is 2.14. The number of methoxy groups -OCH3 is 2. The minimum Gasteiger partial charge on any atom is -0.494 e. The lowest BCUT2D eigenvalue weighted by Gasteiger charge is -2.10. The Kier molecular flexibility index (Phi) is 8.17. The monoisotopic (exact) mass is 491 g/mol. The van der Waals surface area contributed by atoms with Crippen molar-refractivity contribution in [3.63, 3.8) is 0 Å². The van der Waals surface area contributed by atoms with E-state index in [9.17, 15) is 4.79 Å². The average Bonchev–Trinajstić information content (AvgIpc) is 3.34. The normalized spacial score (nSPS) is 10.8. The minimum atomic E-state index is -0.184. The molecule has 0 aliphatic rings. The van der Waals surface area contributed by atoms with Crippen molar-refractivity contribution in [1.29, 1.82) is 0 Å². The van der Waals surface area contributed by atoms with Crippen LogP contribution in [0, 0.1) is 0 Å². The molecular formula is C26H29N5O5. The number of nitrogens with zero attached hydrogens (tertiary/aromatic N) is 4. The van der Waals surface area contributed by atoms with Gasteiger partial charge in [-0.1, -0.05) is 13.3 Å². The van der Waals surface area contributed by atoms with Gasteiger partial charge < -0.3 is 24.3 Å². The summed E-state index contributed by atoms with van der Waals surface area (Å²) < 4.78 is 23.7. The Bertz CT molecular complexity index is 1310. The second-order valence-electron chi connectivity index (χ2n) is 7.87. The Labute approximate surface area is 209 Å². The molecule has 4 aromatic rings. The fourth-order valence-electron chi connectivity index (χ4n) is 3.46. The van der Waals surface area contributed by atoms with Crippen LogP contribution in [-0.2, 0) is 0 Å². The van der Waals surface area contributed by atoms with E-state index in [4.69, 9.17) is 18.9 Å². The third kappa shape index (κ3) is 5.83. The zero-order valence-electron chi connectivity index (χ0n) is 20.6. The first-order valence-corrected chi connectivity index (χ1v) is 11.7. The second-order valence-corrected chi connectivity index (χ2v) is 7.87. The summed E-state index contributed by atoms with van der Waals surface area (Å²) in [5, 5.41) is 15.8. The number of nitrogens with one attached hydrogen (secondary N) is 1. The van der Waals surface area contributed by atoms with Gasteiger partial charge in [0.05, 0.1) is 27.4 Å². The maximum atomic E-state index is 12.4. The molecule has 1 amide bonds. The van der Waals surface area contributed by atoms with E-state index in [1.807, 2.05) is 12.1 Å². The van der Waals surface area contributed by atoms with Gasteiger partial charge in [0.25, 0.3) is 5.91 Å². The molecule has 36 heavy (non-hydrogen) atoms. The Morgan fingerprint density at radius 1 is 0.917 bits per heavy atom. The molecule has 10 nitrogen and oxygen atoms in total. The van der Waals surface area contributed by atoms with E-state index in [0.29, 0.717) is 47.6 Å². The standard InChI is InChI=1S/C26H29N5O5/c1-4-5-15-35-20-9-6-18(7-10-20)26(32)27-14-16-36-24-13-12-23-28-29-25(31(23)30-24)19-8-11-21(33-2)22(17-19)34-3/h6-13,17H,4-5,14-16H2,1-3H3,(H,27,32). The molecule has 0 saturated carbocycles. The number of amides is 1. The van der Waals surface area contributed by atoms with Crippen LogP contribution in [-0.4, -0.2) is 59.7 Å². The number of unbranched alkanes of at least 4 members (excludes halogenated alkanes) is 1. The predicted octanol–water partition coefficient (Wildman–Crippen LogP) is 3.80. The molecule has 0 fully saturated rings. The number of aromatic nitrogens is 4. The largest absolute Gasteiger partial charge is 0.494 e. The van der Waals surface area contributed by atoms with E-state index >= 15 is 0 Å². The van der Waals surface area contributed by atoms with Crippen LogP contribution >= 0.6 is 0 Å². The van der Waals surface area contributed by atoms with Crippen molar-refractivity contribution in [2.75, 3.05) is 34.0 Å². The molecule has 0 spiro atoms. The fraction of sp³-hybridized carbons (Fsp3) is 0.308. The first kappa shape index (κ1) is 24.8. The highest BCUT2D eigenvalue weighted by atomic mass is 16.5. The zero-order chi connectivity index (χ0) is 25.3. The van der Waals surface area contributed by atoms with E-state index in [-0.39, 0.29) is 12.5 Å². The molecule has 0 atom stereocenters. The number of hydrogen-bond acceptors (Lipinski definition) is 8. The van der Waals surface area contributed by atoms with Crippen LogP contribution in [0.3, 0.4) is 0 Å². The molecule has 2 aromatic carbocycles. The first-order valence-electron chi connectivity index (χ1n) is 11.7. The lowest BCUT2D eigenvalue weighted by Crippen LogP contribution is -2.28. The van der Waals surface area contributed by atoms with Gasteiger partial charge in [-0.2, -0.15) is 4.52 Å². The Morgan fingerprint density at radius 2 is 1.72 bits per heavy atom. The molecule has 0 aliphatic heterocycles. The van der Waals surface area contributed by atoms with Gasteiger partial charge in [0.1, 0.15) is 12.4 Å². The molecule has 2 aromatic heterocycles. The minimum absolute atomic E-state index is 0.184. The van der Waals surface area contributed by atoms with Crippen molar-refractivity contribution in [3.05, 3.63) is 60.2 Å². The van der Waals surface area contributed by atoms with Crippen molar-refractivity contribution < 1.29 is 23.7 Å². The van der Waals surface area contributed by atoms with Gasteiger partial charge in [-0.05, 0) is 55.0 Å². The summed E-state index contributed by atoms with van der Waals surface area (Å²) in [4.78, 5) is 12.4. The Morgan fingerprint density at radius 3 is 2.47 bits per heavy atom. The first-order chi connectivity index (χ1) is 17.6. The van der Waals surface area contributed by atoms with Crippen molar-refractivity contribution in [2.24, 2.45) is 0 Å². The number of rotatable bonds is 12. The molecule has 0 radical (unpaired) electrons. The average molecular weight is 492 g/mol. The van der Waals surface area contributed by atoms with E-state index in [0.717, 1.165) is 24.2 Å². The number of ether oxygens (including phenoxy) is 4. The molecule has 188 valence electrons. The Hall–Kier alpha value is -4.34. The molecule has 4 rings (SSSR count). The maximum Gasteiger partial charge on any atom is 0.251 e. The van der Waals surface area contributed by atoms with E-state index < -0.39 is 0 Å². The van der Waals surface area contributed by atoms with Gasteiger partial charge >= 0.3 is 0 Å². The molecule has 0 unspecified atom stereocenters. The number of hydrogen-bond donors (Lipinski definition) is 1. The summed E-state index contributed by atoms with van der Waals surface area (Å²) in [5.41, 5.74) is 1.89. The summed E-state index contributed by atoms with van der Waals surface area (Å²) in [7, 11) is 3.16. The van der Waals surface area contributed by atoms with Gasteiger partial charge in [-0.15, -0.1) is 15.3 Å². The van der Waals surface area contributed by atoms with Crippen LogP contribution in [0.15, 0.2) is 54.6 Å². The Balaban J connectivity index is 1.34. The number of fused-ring (bicyclic) bond motifs is 1. The van der Waals surface area contributed by atoms with Crippen LogP contribution in [0.1, 0.15) is 30.1 Å². The van der Waals surface area contributed by atoms with Crippen LogP contribution in [0.4, 0.5) is 0 Å². The topological polar surface area (TPSA) is 109 Å². The number of carbonyl (C=O) groups is 1. The third-order valence-corrected chi connectivity index (χ3v) is 5.40. The number of benzene rings is 2. The van der Waals surface area contributed by atoms with Gasteiger partial charge in [-0.25, -0.2) is 0 Å². The highest BCUT2D eigenvalue weighted by molar-refractivity contribution is 5.94. The maximum absolute atomic E-state index is 12.4. The lowest BCUT2D eigenvalue weighted by molar-refractivity contribution is 0.0946. The summed E-state index contributed by atoms with van der Waals surface area (Å²) in [6, 6.07) is 16.0. The quantitative estimate of drug-likeness (QED) is 0.298. The molecule has 2 heterocycles. The van der Waals surface area contributed by atoms with Gasteiger partial charge in [0.2, 0.25) is 5.88 Å². The highest BCUT2D eigenvalue weighted by Crippen LogP contribution is 2.31. The van der Waals surface area contributed by atoms with Crippen LogP contribution in [0.5, 0.6) is 23.1 Å². The molecular weight excluding hydrogens is 462 g/mol. The van der Waals surface area contributed by atoms with Gasteiger partial charge in [0.15, 0.2) is 23.0 Å². The van der Waals surface area contributed by atoms with Crippen molar-refractivity contribution in [2.45, 2.75) is 19.8 Å². The zero-order valence-corrected chi connectivity index (χ0v) is 20.6. The van der Waals surface area contributed by atoms with Crippen molar-refractivity contribution >= 4 is 11.6 Å². The van der Waals surface area contributed by atoms with Gasteiger partial charge in [-0.3, -0.25) is 4.79 Å². The molecule has 0 saturated heterocycles. The number of carbonyl (C=O) groups excluding carboxylic acids is 1. The van der Waals surface area contributed by atoms with Crippen LogP contribution in [0.2, 0.25) is 0 Å². The van der Waals surface area contributed by atoms with E-state index in [1.165, 1.54) is 0 Å². The summed E-state index contributed by atoms with van der Waals surface area (Å²) in [6.07, 6.45) is 2.07. The van der Waals surface area contributed by atoms with Crippen molar-refractivity contribution in [3.8, 4) is 34.5 Å². The third-order valence-electron chi connectivity index (χ3n) is 5.40.